The second kappa shape index (κ2) is 6.58. The minimum Gasteiger partial charge on any atom is -0.506 e. The zero-order valence-electron chi connectivity index (χ0n) is 8.74. The number of rotatable bonds is 3. The van der Waals surface area contributed by atoms with Crippen LogP contribution in [0.15, 0.2) is 18.2 Å². The number of nitrogens with two attached hydrogens (primary N) is 1. The number of anilines is 1. The summed E-state index contributed by atoms with van der Waals surface area (Å²) in [5.74, 6) is -0.289. The number of phenols is 1. The molecule has 4 N–H and O–H groups in total. The fraction of sp³-hybridized carbons (Fsp3) is 0.300. The van der Waals surface area contributed by atoms with E-state index in [9.17, 15) is 9.90 Å². The molecular formula is C10H14Cl2N2O2. The normalized spacial score (nSPS) is 11.4. The molecule has 1 atom stereocenters. The smallest absolute Gasteiger partial charge is 0.226 e. The van der Waals surface area contributed by atoms with Gasteiger partial charge in [-0.2, -0.15) is 0 Å². The van der Waals surface area contributed by atoms with Gasteiger partial charge in [-0.25, -0.2) is 0 Å². The molecule has 0 saturated heterocycles. The van der Waals surface area contributed by atoms with Crippen LogP contribution in [0.2, 0.25) is 5.02 Å². The first-order valence-corrected chi connectivity index (χ1v) is 4.91. The maximum Gasteiger partial charge on any atom is 0.226 e. The largest absolute Gasteiger partial charge is 0.506 e. The van der Waals surface area contributed by atoms with Gasteiger partial charge in [0, 0.05) is 23.6 Å². The van der Waals surface area contributed by atoms with Gasteiger partial charge in [-0.3, -0.25) is 4.79 Å². The first-order valence-electron chi connectivity index (χ1n) is 4.53. The summed E-state index contributed by atoms with van der Waals surface area (Å²) >= 11 is 5.65. The lowest BCUT2D eigenvalue weighted by molar-refractivity contribution is -0.116. The van der Waals surface area contributed by atoms with Crippen molar-refractivity contribution in [1.29, 1.82) is 0 Å². The predicted octanol–water partition coefficient (Wildman–Crippen LogP) is 2.14. The van der Waals surface area contributed by atoms with Crippen molar-refractivity contribution in [3.63, 3.8) is 0 Å². The van der Waals surface area contributed by atoms with Crippen LogP contribution in [0.1, 0.15) is 13.3 Å². The zero-order valence-corrected chi connectivity index (χ0v) is 10.3. The quantitative estimate of drug-likeness (QED) is 0.733. The molecule has 1 rings (SSSR count). The molecule has 1 aromatic carbocycles. The highest BCUT2D eigenvalue weighted by Gasteiger charge is 2.08. The predicted molar refractivity (Wildman–Crippen MR) is 67.3 cm³/mol. The summed E-state index contributed by atoms with van der Waals surface area (Å²) in [6.07, 6.45) is 0.210. The zero-order chi connectivity index (χ0) is 11.4. The van der Waals surface area contributed by atoms with Crippen molar-refractivity contribution >= 4 is 35.6 Å². The van der Waals surface area contributed by atoms with Crippen LogP contribution in [0.5, 0.6) is 5.75 Å². The summed E-state index contributed by atoms with van der Waals surface area (Å²) in [5, 5.41) is 12.4. The number of phenolic OH excluding ortho intramolecular Hbond substituents is 1. The average Bonchev–Trinajstić information content (AvgIpc) is 2.08. The van der Waals surface area contributed by atoms with Gasteiger partial charge >= 0.3 is 0 Å². The third-order valence-corrected chi connectivity index (χ3v) is 1.98. The standard InChI is InChI=1S/C10H13ClN2O2.ClH/c1-6(12)4-10(15)13-8-3-2-7(11)5-9(8)14;/h2-3,5-6,14H,4,12H2,1H3,(H,13,15);1H. The van der Waals surface area contributed by atoms with Crippen LogP contribution >= 0.6 is 24.0 Å². The fourth-order valence-electron chi connectivity index (χ4n) is 1.10. The van der Waals surface area contributed by atoms with Crippen LogP contribution in [-0.2, 0) is 4.79 Å². The molecule has 0 radical (unpaired) electrons. The molecule has 16 heavy (non-hydrogen) atoms. The Bertz CT molecular complexity index is 370. The van der Waals surface area contributed by atoms with Gasteiger partial charge in [0.05, 0.1) is 5.69 Å². The highest BCUT2D eigenvalue weighted by molar-refractivity contribution is 6.30. The SMILES string of the molecule is CC(N)CC(=O)Nc1ccc(Cl)cc1O.Cl. The average molecular weight is 265 g/mol. The fourth-order valence-corrected chi connectivity index (χ4v) is 1.27. The lowest BCUT2D eigenvalue weighted by Crippen LogP contribution is -2.23. The molecule has 1 unspecified atom stereocenters. The number of benzene rings is 1. The minimum absolute atomic E-state index is 0. The van der Waals surface area contributed by atoms with E-state index in [-0.39, 0.29) is 36.5 Å². The van der Waals surface area contributed by atoms with Crippen molar-refractivity contribution in [1.82, 2.24) is 0 Å². The topological polar surface area (TPSA) is 75.4 Å². The number of aromatic hydroxyl groups is 1. The van der Waals surface area contributed by atoms with Crippen LogP contribution in [0.4, 0.5) is 5.69 Å². The van der Waals surface area contributed by atoms with E-state index in [1.54, 1.807) is 13.0 Å². The lowest BCUT2D eigenvalue weighted by atomic mass is 10.2. The summed E-state index contributed by atoms with van der Waals surface area (Å²) in [6.45, 7) is 1.74. The second-order valence-corrected chi connectivity index (χ2v) is 3.83. The number of hydrogen-bond acceptors (Lipinski definition) is 3. The molecule has 0 saturated carbocycles. The molecule has 0 aliphatic carbocycles. The van der Waals surface area contributed by atoms with Crippen LogP contribution < -0.4 is 11.1 Å². The van der Waals surface area contributed by atoms with Crippen molar-refractivity contribution in [3.05, 3.63) is 23.2 Å². The van der Waals surface area contributed by atoms with Gasteiger partial charge in [0.15, 0.2) is 0 Å². The highest BCUT2D eigenvalue weighted by atomic mass is 35.5. The molecule has 0 heterocycles. The molecule has 4 nitrogen and oxygen atoms in total. The van der Waals surface area contributed by atoms with E-state index in [0.717, 1.165) is 0 Å². The molecule has 0 aliphatic rings. The Morgan fingerprint density at radius 1 is 1.62 bits per heavy atom. The summed E-state index contributed by atoms with van der Waals surface area (Å²) in [6, 6.07) is 4.28. The summed E-state index contributed by atoms with van der Waals surface area (Å²) < 4.78 is 0. The van der Waals surface area contributed by atoms with Gasteiger partial charge in [-0.15, -0.1) is 12.4 Å². The molecule has 6 heteroatoms. The van der Waals surface area contributed by atoms with E-state index in [2.05, 4.69) is 5.32 Å². The number of amides is 1. The second-order valence-electron chi connectivity index (χ2n) is 3.39. The Morgan fingerprint density at radius 2 is 2.25 bits per heavy atom. The van der Waals surface area contributed by atoms with E-state index in [1.807, 2.05) is 0 Å². The number of carbonyl (C=O) groups is 1. The third kappa shape index (κ3) is 4.70. The van der Waals surface area contributed by atoms with Crippen molar-refractivity contribution in [2.45, 2.75) is 19.4 Å². The molecular weight excluding hydrogens is 251 g/mol. The van der Waals surface area contributed by atoms with Gasteiger partial charge in [0.25, 0.3) is 0 Å². The number of halogens is 2. The number of nitrogens with one attached hydrogen (secondary N) is 1. The highest BCUT2D eigenvalue weighted by Crippen LogP contribution is 2.26. The maximum absolute atomic E-state index is 11.3. The molecule has 0 fully saturated rings. The lowest BCUT2D eigenvalue weighted by Gasteiger charge is -2.08. The van der Waals surface area contributed by atoms with E-state index in [4.69, 9.17) is 17.3 Å². The first kappa shape index (κ1) is 15.0. The summed E-state index contributed by atoms with van der Waals surface area (Å²) in [5.41, 5.74) is 5.80. The van der Waals surface area contributed by atoms with Crippen molar-refractivity contribution < 1.29 is 9.90 Å². The van der Waals surface area contributed by atoms with Crippen LogP contribution in [0, 0.1) is 0 Å². The van der Waals surface area contributed by atoms with Crippen LogP contribution in [0.3, 0.4) is 0 Å². The van der Waals surface area contributed by atoms with E-state index >= 15 is 0 Å². The Balaban J connectivity index is 0.00000225. The Labute approximate surface area is 105 Å². The molecule has 0 aromatic heterocycles. The van der Waals surface area contributed by atoms with Gasteiger partial charge in [-0.05, 0) is 19.1 Å². The van der Waals surface area contributed by atoms with Crippen LogP contribution in [0.25, 0.3) is 0 Å². The molecule has 1 amide bonds. The molecule has 90 valence electrons. The Morgan fingerprint density at radius 3 is 2.75 bits per heavy atom. The molecule has 0 spiro atoms. The van der Waals surface area contributed by atoms with E-state index in [1.165, 1.54) is 12.1 Å². The molecule has 1 aromatic rings. The van der Waals surface area contributed by atoms with E-state index < -0.39 is 0 Å². The molecule has 0 bridgehead atoms. The maximum atomic E-state index is 11.3. The van der Waals surface area contributed by atoms with Gasteiger partial charge in [0.1, 0.15) is 5.75 Å². The summed E-state index contributed by atoms with van der Waals surface area (Å²) in [4.78, 5) is 11.3. The van der Waals surface area contributed by atoms with Crippen molar-refractivity contribution in [2.24, 2.45) is 5.73 Å². The number of hydrogen-bond donors (Lipinski definition) is 3. The monoisotopic (exact) mass is 264 g/mol. The van der Waals surface area contributed by atoms with Gasteiger partial charge in [-0.1, -0.05) is 11.6 Å². The molecule has 0 aliphatic heterocycles. The van der Waals surface area contributed by atoms with Crippen LogP contribution in [-0.4, -0.2) is 17.1 Å². The van der Waals surface area contributed by atoms with Gasteiger partial charge < -0.3 is 16.2 Å². The summed E-state index contributed by atoms with van der Waals surface area (Å²) in [7, 11) is 0. The van der Waals surface area contributed by atoms with Gasteiger partial charge in [0.2, 0.25) is 5.91 Å². The first-order chi connectivity index (χ1) is 6.99. The third-order valence-electron chi connectivity index (χ3n) is 1.74. The van der Waals surface area contributed by atoms with Crippen molar-refractivity contribution in [2.75, 3.05) is 5.32 Å². The number of carbonyl (C=O) groups excluding carboxylic acids is 1. The Hall–Kier alpha value is -0.970. The Kier molecular flexibility index (Phi) is 6.18. The van der Waals surface area contributed by atoms with Crippen molar-refractivity contribution in [3.8, 4) is 5.75 Å². The minimum atomic E-state index is -0.234. The van der Waals surface area contributed by atoms with E-state index in [0.29, 0.717) is 10.7 Å².